The number of benzene rings is 1. The van der Waals surface area contributed by atoms with Gasteiger partial charge in [-0.25, -0.2) is 4.79 Å². The molecule has 5 nitrogen and oxygen atoms in total. The largest absolute Gasteiger partial charge is 0.508 e. The molecule has 1 aromatic rings. The minimum Gasteiger partial charge on any atom is -0.429 e. The van der Waals surface area contributed by atoms with E-state index in [1.54, 1.807) is 12.2 Å². The van der Waals surface area contributed by atoms with Crippen LogP contribution in [0.2, 0.25) is 0 Å². The van der Waals surface area contributed by atoms with Crippen LogP contribution in [0.15, 0.2) is 54.1 Å². The van der Waals surface area contributed by atoms with Crippen LogP contribution in [0.1, 0.15) is 12.0 Å². The smallest absolute Gasteiger partial charge is 0.429 e. The fourth-order valence-electron chi connectivity index (χ4n) is 1.71. The highest BCUT2D eigenvalue weighted by Gasteiger charge is 2.17. The summed E-state index contributed by atoms with van der Waals surface area (Å²) in [5, 5.41) is 0. The Morgan fingerprint density at radius 1 is 1.15 bits per heavy atom. The summed E-state index contributed by atoms with van der Waals surface area (Å²) in [6.45, 7) is 0.351. The molecule has 0 radical (unpaired) electrons. The van der Waals surface area contributed by atoms with Gasteiger partial charge in [0, 0.05) is 6.42 Å². The average molecular weight is 274 g/mol. The van der Waals surface area contributed by atoms with Gasteiger partial charge < -0.3 is 20.9 Å². The van der Waals surface area contributed by atoms with E-state index >= 15 is 0 Å². The van der Waals surface area contributed by atoms with Crippen molar-refractivity contribution in [1.29, 1.82) is 0 Å². The lowest BCUT2D eigenvalue weighted by Gasteiger charge is -2.22. The molecular formula is C15H18N2O3. The van der Waals surface area contributed by atoms with Crippen LogP contribution in [0.25, 0.3) is 0 Å². The molecule has 1 aliphatic carbocycles. The van der Waals surface area contributed by atoms with Crippen LogP contribution in [0.5, 0.6) is 0 Å². The molecule has 4 N–H and O–H groups in total. The quantitative estimate of drug-likeness (QED) is 0.646. The Hall–Kier alpha value is -2.11. The molecule has 0 saturated heterocycles. The third-order valence-electron chi connectivity index (χ3n) is 2.88. The van der Waals surface area contributed by atoms with E-state index in [9.17, 15) is 4.79 Å². The van der Waals surface area contributed by atoms with Crippen molar-refractivity contribution in [3.63, 3.8) is 0 Å². The van der Waals surface area contributed by atoms with E-state index in [0.717, 1.165) is 11.1 Å². The van der Waals surface area contributed by atoms with Crippen LogP contribution in [0.3, 0.4) is 0 Å². The van der Waals surface area contributed by atoms with Gasteiger partial charge in [-0.05, 0) is 17.2 Å². The Labute approximate surface area is 117 Å². The maximum absolute atomic E-state index is 11.4. The van der Waals surface area contributed by atoms with Gasteiger partial charge >= 0.3 is 6.16 Å². The molecule has 0 bridgehead atoms. The predicted octanol–water partition coefficient (Wildman–Crippen LogP) is 1.84. The average Bonchev–Trinajstić information content (AvgIpc) is 2.45. The number of carbonyl (C=O) groups is 1. The minimum atomic E-state index is -0.808. The molecule has 106 valence electrons. The summed E-state index contributed by atoms with van der Waals surface area (Å²) in [5.74, 6) is 0. The molecule has 0 saturated carbocycles. The predicted molar refractivity (Wildman–Crippen MR) is 75.5 cm³/mol. The number of carbonyl (C=O) groups excluding carboxylic acids is 1. The summed E-state index contributed by atoms with van der Waals surface area (Å²) >= 11 is 0. The van der Waals surface area contributed by atoms with E-state index in [0.29, 0.717) is 6.42 Å². The number of hydrogen-bond donors (Lipinski definition) is 2. The lowest BCUT2D eigenvalue weighted by molar-refractivity contribution is 0.0564. The van der Waals surface area contributed by atoms with E-state index in [1.807, 2.05) is 36.4 Å². The van der Waals surface area contributed by atoms with Crippen molar-refractivity contribution in [3.05, 3.63) is 59.7 Å². The van der Waals surface area contributed by atoms with Crippen molar-refractivity contribution < 1.29 is 14.3 Å². The summed E-state index contributed by atoms with van der Waals surface area (Å²) in [7, 11) is 0. The molecule has 0 spiro atoms. The lowest BCUT2D eigenvalue weighted by atomic mass is 9.99. The van der Waals surface area contributed by atoms with Crippen molar-refractivity contribution in [3.8, 4) is 0 Å². The van der Waals surface area contributed by atoms with Crippen LogP contribution in [0, 0.1) is 0 Å². The molecule has 0 heterocycles. The fraction of sp³-hybridized carbons (Fsp3) is 0.267. The zero-order chi connectivity index (χ0) is 14.4. The molecule has 5 heteroatoms. The highest BCUT2D eigenvalue weighted by atomic mass is 16.7. The topological polar surface area (TPSA) is 87.6 Å². The second kappa shape index (κ2) is 6.36. The molecule has 1 aliphatic rings. The van der Waals surface area contributed by atoms with Gasteiger partial charge in [0.25, 0.3) is 0 Å². The number of hydrogen-bond acceptors (Lipinski definition) is 5. The van der Waals surface area contributed by atoms with Gasteiger partial charge in [-0.3, -0.25) is 0 Å². The lowest BCUT2D eigenvalue weighted by Crippen LogP contribution is -2.47. The molecular weight excluding hydrogens is 256 g/mol. The van der Waals surface area contributed by atoms with E-state index < -0.39 is 11.8 Å². The molecule has 0 unspecified atom stereocenters. The van der Waals surface area contributed by atoms with Gasteiger partial charge in [-0.1, -0.05) is 42.5 Å². The molecule has 0 amide bonds. The van der Waals surface area contributed by atoms with Crippen LogP contribution in [0.4, 0.5) is 4.79 Å². The van der Waals surface area contributed by atoms with Crippen molar-refractivity contribution in [2.45, 2.75) is 18.7 Å². The standard InChI is InChI=1S/C15H18N2O3/c16-15(17)8-6-13(7-9-15)11-20-14(18)19-10-12-4-2-1-3-5-12/h1-8H,9-11,16-17H2. The number of ether oxygens (including phenoxy) is 2. The van der Waals surface area contributed by atoms with Gasteiger partial charge in [0.15, 0.2) is 0 Å². The maximum Gasteiger partial charge on any atom is 0.508 e. The normalized spacial score (nSPS) is 16.4. The van der Waals surface area contributed by atoms with Gasteiger partial charge in [0.05, 0.1) is 5.66 Å². The molecule has 0 aliphatic heterocycles. The Morgan fingerprint density at radius 2 is 1.85 bits per heavy atom. The first kappa shape index (κ1) is 14.3. The van der Waals surface area contributed by atoms with Gasteiger partial charge in [-0.15, -0.1) is 0 Å². The molecule has 2 rings (SSSR count). The summed E-state index contributed by atoms with van der Waals surface area (Å²) in [6, 6.07) is 9.42. The maximum atomic E-state index is 11.4. The van der Waals surface area contributed by atoms with E-state index in [1.165, 1.54) is 0 Å². The highest BCUT2D eigenvalue weighted by molar-refractivity contribution is 5.60. The minimum absolute atomic E-state index is 0.153. The second-order valence-corrected chi connectivity index (χ2v) is 4.74. The van der Waals surface area contributed by atoms with Crippen LogP contribution < -0.4 is 11.5 Å². The molecule has 0 atom stereocenters. The van der Waals surface area contributed by atoms with Crippen LogP contribution in [-0.4, -0.2) is 18.4 Å². The zero-order valence-electron chi connectivity index (χ0n) is 11.1. The van der Waals surface area contributed by atoms with Gasteiger partial charge in [0.1, 0.15) is 13.2 Å². The summed E-state index contributed by atoms with van der Waals surface area (Å²) in [6.07, 6.45) is 5.13. The first-order valence-electron chi connectivity index (χ1n) is 6.35. The summed E-state index contributed by atoms with van der Waals surface area (Å²) < 4.78 is 10.0. The molecule has 0 aromatic heterocycles. The second-order valence-electron chi connectivity index (χ2n) is 4.74. The third kappa shape index (κ3) is 4.53. The Balaban J connectivity index is 1.71. The van der Waals surface area contributed by atoms with Crippen molar-refractivity contribution in [2.24, 2.45) is 11.5 Å². The first-order valence-corrected chi connectivity index (χ1v) is 6.35. The molecule has 20 heavy (non-hydrogen) atoms. The molecule has 0 fully saturated rings. The van der Waals surface area contributed by atoms with E-state index in [4.69, 9.17) is 20.9 Å². The zero-order valence-corrected chi connectivity index (χ0v) is 11.1. The van der Waals surface area contributed by atoms with E-state index in [2.05, 4.69) is 0 Å². The Kier molecular flexibility index (Phi) is 4.55. The first-order chi connectivity index (χ1) is 9.55. The Morgan fingerprint density at radius 3 is 2.50 bits per heavy atom. The van der Waals surface area contributed by atoms with Gasteiger partial charge in [-0.2, -0.15) is 0 Å². The van der Waals surface area contributed by atoms with E-state index in [-0.39, 0.29) is 13.2 Å². The summed E-state index contributed by atoms with van der Waals surface area (Å²) in [4.78, 5) is 11.4. The monoisotopic (exact) mass is 274 g/mol. The van der Waals surface area contributed by atoms with Crippen LogP contribution >= 0.6 is 0 Å². The highest BCUT2D eigenvalue weighted by Crippen LogP contribution is 2.14. The number of nitrogens with two attached hydrogens (primary N) is 2. The Bertz CT molecular complexity index is 521. The van der Waals surface area contributed by atoms with Crippen LogP contribution in [-0.2, 0) is 16.1 Å². The molecule has 1 aromatic carbocycles. The SMILES string of the molecule is NC1(N)C=CC(COC(=O)OCc2ccccc2)=CC1. The third-order valence-corrected chi connectivity index (χ3v) is 2.88. The van der Waals surface area contributed by atoms with Crippen molar-refractivity contribution in [1.82, 2.24) is 0 Å². The van der Waals surface area contributed by atoms with Crippen molar-refractivity contribution >= 4 is 6.16 Å². The number of rotatable bonds is 4. The van der Waals surface area contributed by atoms with Gasteiger partial charge in [0.2, 0.25) is 0 Å². The van der Waals surface area contributed by atoms with Crippen molar-refractivity contribution in [2.75, 3.05) is 6.61 Å². The fourth-order valence-corrected chi connectivity index (χ4v) is 1.71. The summed E-state index contributed by atoms with van der Waals surface area (Å²) in [5.41, 5.74) is 12.4.